The highest BCUT2D eigenvalue weighted by Crippen LogP contribution is 2.26. The molecule has 0 bridgehead atoms. The highest BCUT2D eigenvalue weighted by atomic mass is 79.9. The number of nitriles is 1. The summed E-state index contributed by atoms with van der Waals surface area (Å²) in [6, 6.07) is 22.4. The van der Waals surface area contributed by atoms with Crippen LogP contribution >= 0.6 is 15.9 Å². The number of aromatic nitrogens is 2. The minimum absolute atomic E-state index is 0.0413. The molecule has 3 aromatic carbocycles. The molecule has 0 radical (unpaired) electrons. The Morgan fingerprint density at radius 1 is 1.10 bits per heavy atom. The molecule has 1 aromatic heterocycles. The molecule has 0 amide bonds. The number of nitrogens with zero attached hydrogens (tertiary/aromatic N) is 3. The first-order chi connectivity index (χ1) is 18.7. The Balaban J connectivity index is 1.51. The Morgan fingerprint density at radius 3 is 2.51 bits per heavy atom. The second-order valence-electron chi connectivity index (χ2n) is 8.70. The number of sulfonamides is 1. The SMILES string of the molecule is C=C(/C=C(/NCc1cccc(CNS(=O)(=O)c2cccc(C#N)c2)c1)n1ncc(Br)c1C)c1ccccc1O. The van der Waals surface area contributed by atoms with E-state index in [0.717, 1.165) is 21.3 Å². The molecular weight excluding hydrogens is 578 g/mol. The molecule has 0 unspecified atom stereocenters. The van der Waals surface area contributed by atoms with E-state index < -0.39 is 10.0 Å². The fraction of sp³-hybridized carbons (Fsp3) is 0.103. The van der Waals surface area contributed by atoms with Crippen LogP contribution in [0.1, 0.15) is 27.9 Å². The van der Waals surface area contributed by atoms with Crippen molar-refractivity contribution in [3.05, 3.63) is 124 Å². The number of phenolic OH excluding ortho intramolecular Hbond substituents is 1. The predicted molar refractivity (Wildman–Crippen MR) is 155 cm³/mol. The van der Waals surface area contributed by atoms with Crippen LogP contribution in [0, 0.1) is 18.3 Å². The molecule has 3 N–H and O–H groups in total. The van der Waals surface area contributed by atoms with Crippen molar-refractivity contribution in [1.29, 1.82) is 5.26 Å². The van der Waals surface area contributed by atoms with Crippen molar-refractivity contribution in [2.45, 2.75) is 24.9 Å². The molecule has 4 aromatic rings. The number of rotatable bonds is 10. The first kappa shape index (κ1) is 27.9. The number of allylic oxidation sites excluding steroid dienone is 2. The average molecular weight is 605 g/mol. The Hall–Kier alpha value is -4.17. The number of hydrogen-bond acceptors (Lipinski definition) is 6. The number of hydrogen-bond donors (Lipinski definition) is 3. The van der Waals surface area contributed by atoms with Gasteiger partial charge in [-0.2, -0.15) is 10.4 Å². The van der Waals surface area contributed by atoms with E-state index in [-0.39, 0.29) is 22.8 Å². The lowest BCUT2D eigenvalue weighted by Gasteiger charge is -2.15. The third kappa shape index (κ3) is 6.83. The minimum atomic E-state index is -3.78. The van der Waals surface area contributed by atoms with Crippen molar-refractivity contribution in [3.8, 4) is 11.8 Å². The summed E-state index contributed by atoms with van der Waals surface area (Å²) in [5.74, 6) is 0.779. The van der Waals surface area contributed by atoms with Crippen molar-refractivity contribution in [3.63, 3.8) is 0 Å². The van der Waals surface area contributed by atoms with Crippen LogP contribution in [0.2, 0.25) is 0 Å². The molecule has 0 saturated heterocycles. The summed E-state index contributed by atoms with van der Waals surface area (Å²) in [5.41, 5.74) is 4.06. The zero-order valence-electron chi connectivity index (χ0n) is 21.1. The third-order valence-corrected chi connectivity index (χ3v) is 8.12. The molecule has 4 rings (SSSR count). The van der Waals surface area contributed by atoms with Crippen LogP contribution in [0.4, 0.5) is 0 Å². The van der Waals surface area contributed by atoms with Crippen LogP contribution in [0.15, 0.2) is 101 Å². The molecule has 0 atom stereocenters. The van der Waals surface area contributed by atoms with Crippen LogP contribution in [-0.4, -0.2) is 23.3 Å². The number of halogens is 1. The molecule has 0 fully saturated rings. The lowest BCUT2D eigenvalue weighted by molar-refractivity contribution is 0.474. The van der Waals surface area contributed by atoms with E-state index in [4.69, 9.17) is 5.26 Å². The predicted octanol–water partition coefficient (Wildman–Crippen LogP) is 5.31. The summed E-state index contributed by atoms with van der Waals surface area (Å²) in [4.78, 5) is 0.0413. The van der Waals surface area contributed by atoms with Gasteiger partial charge in [-0.3, -0.25) is 0 Å². The van der Waals surface area contributed by atoms with Gasteiger partial charge in [0, 0.05) is 18.7 Å². The van der Waals surface area contributed by atoms with Crippen LogP contribution in [0.5, 0.6) is 5.75 Å². The molecule has 0 aliphatic rings. The van der Waals surface area contributed by atoms with Gasteiger partial charge in [0.15, 0.2) is 0 Å². The van der Waals surface area contributed by atoms with E-state index in [1.54, 1.807) is 35.1 Å². The fourth-order valence-corrected chi connectivity index (χ4v) is 5.17. The maximum absolute atomic E-state index is 12.7. The normalized spacial score (nSPS) is 11.7. The molecule has 10 heteroatoms. The third-order valence-electron chi connectivity index (χ3n) is 5.94. The standard InChI is InChI=1S/C29H26BrN5O3S/c1-20(26-11-3-4-12-28(26)36)13-29(35-21(2)27(30)19-33-35)32-17-23-8-5-9-24(14-23)18-34-39(37,38)25-10-6-7-22(15-25)16-31/h3-15,19,32,34,36H,1,17-18H2,2H3/b29-13-. The van der Waals surface area contributed by atoms with Crippen LogP contribution in [0.3, 0.4) is 0 Å². The fourth-order valence-electron chi connectivity index (χ4n) is 3.84. The topological polar surface area (TPSA) is 120 Å². The van der Waals surface area contributed by atoms with Gasteiger partial charge in [0.05, 0.1) is 32.9 Å². The molecule has 1 heterocycles. The van der Waals surface area contributed by atoms with E-state index in [2.05, 4.69) is 37.6 Å². The molecular formula is C29H26BrN5O3S. The molecule has 0 saturated carbocycles. The van der Waals surface area contributed by atoms with Crippen LogP contribution in [-0.2, 0) is 23.1 Å². The van der Waals surface area contributed by atoms with Crippen molar-refractivity contribution in [2.75, 3.05) is 0 Å². The van der Waals surface area contributed by atoms with Gasteiger partial charge in [0.25, 0.3) is 0 Å². The van der Waals surface area contributed by atoms with Gasteiger partial charge in [-0.05, 0) is 69.9 Å². The lowest BCUT2D eigenvalue weighted by Crippen LogP contribution is -2.23. The van der Waals surface area contributed by atoms with Crippen LogP contribution in [0.25, 0.3) is 11.4 Å². The van der Waals surface area contributed by atoms with E-state index in [9.17, 15) is 13.5 Å². The second kappa shape index (κ2) is 12.1. The Morgan fingerprint density at radius 2 is 1.82 bits per heavy atom. The summed E-state index contributed by atoms with van der Waals surface area (Å²) >= 11 is 3.50. The number of nitrogens with one attached hydrogen (secondary N) is 2. The van der Waals surface area contributed by atoms with E-state index in [1.165, 1.54) is 18.2 Å². The first-order valence-electron chi connectivity index (χ1n) is 11.9. The van der Waals surface area contributed by atoms with Gasteiger partial charge in [-0.15, -0.1) is 0 Å². The van der Waals surface area contributed by atoms with Gasteiger partial charge in [0.2, 0.25) is 10.0 Å². The van der Waals surface area contributed by atoms with E-state index in [0.29, 0.717) is 23.5 Å². The Bertz CT molecular complexity index is 1700. The maximum atomic E-state index is 12.7. The number of aromatic hydroxyl groups is 1. The van der Waals surface area contributed by atoms with Crippen molar-refractivity contribution in [2.24, 2.45) is 0 Å². The highest BCUT2D eigenvalue weighted by molar-refractivity contribution is 9.10. The lowest BCUT2D eigenvalue weighted by atomic mass is 10.1. The average Bonchev–Trinajstić information content (AvgIpc) is 3.28. The first-order valence-corrected chi connectivity index (χ1v) is 14.2. The smallest absolute Gasteiger partial charge is 0.240 e. The van der Waals surface area contributed by atoms with Gasteiger partial charge < -0.3 is 10.4 Å². The summed E-state index contributed by atoms with van der Waals surface area (Å²) in [6.07, 6.45) is 3.52. The van der Waals surface area contributed by atoms with E-state index in [1.807, 2.05) is 49.4 Å². The Kier molecular flexibility index (Phi) is 8.66. The zero-order valence-corrected chi connectivity index (χ0v) is 23.5. The second-order valence-corrected chi connectivity index (χ2v) is 11.3. The van der Waals surface area contributed by atoms with Crippen molar-refractivity contribution < 1.29 is 13.5 Å². The minimum Gasteiger partial charge on any atom is -0.507 e. The molecule has 198 valence electrons. The zero-order chi connectivity index (χ0) is 28.0. The maximum Gasteiger partial charge on any atom is 0.240 e. The molecule has 39 heavy (non-hydrogen) atoms. The largest absolute Gasteiger partial charge is 0.507 e. The molecule has 0 spiro atoms. The van der Waals surface area contributed by atoms with Gasteiger partial charge in [0.1, 0.15) is 11.6 Å². The van der Waals surface area contributed by atoms with Gasteiger partial charge in [-0.25, -0.2) is 17.8 Å². The number of phenols is 1. The summed E-state index contributed by atoms with van der Waals surface area (Å²) < 4.78 is 30.6. The van der Waals surface area contributed by atoms with Crippen molar-refractivity contribution >= 4 is 37.3 Å². The van der Waals surface area contributed by atoms with Crippen LogP contribution < -0.4 is 10.0 Å². The van der Waals surface area contributed by atoms with E-state index >= 15 is 0 Å². The monoisotopic (exact) mass is 603 g/mol. The molecule has 8 nitrogen and oxygen atoms in total. The summed E-state index contributed by atoms with van der Waals surface area (Å²) in [7, 11) is -3.78. The molecule has 0 aliphatic heterocycles. The van der Waals surface area contributed by atoms with Gasteiger partial charge in [-0.1, -0.05) is 55.1 Å². The summed E-state index contributed by atoms with van der Waals surface area (Å²) in [6.45, 7) is 6.56. The number of para-hydroxylation sites is 1. The van der Waals surface area contributed by atoms with Gasteiger partial charge >= 0.3 is 0 Å². The summed E-state index contributed by atoms with van der Waals surface area (Å²) in [5, 5.41) is 27.2. The quantitative estimate of drug-likeness (QED) is 0.211. The molecule has 0 aliphatic carbocycles. The Labute approximate surface area is 236 Å². The highest BCUT2D eigenvalue weighted by Gasteiger charge is 2.15. The number of benzene rings is 3. The van der Waals surface area contributed by atoms with Crippen molar-refractivity contribution in [1.82, 2.24) is 19.8 Å².